The number of aromatic hydroxyl groups is 7. The minimum absolute atomic E-state index is 0.576. The van der Waals surface area contributed by atoms with E-state index in [4.69, 9.17) is 0 Å². The molecule has 25 heavy (non-hydrogen) atoms. The number of carboxylic acid groups (broad SMARTS) is 1. The molecule has 3 rings (SSSR count). The van der Waals surface area contributed by atoms with Crippen LogP contribution < -0.4 is 0 Å². The number of rotatable bonds is 1. The number of carbonyl (C=O) groups excluding carboxylic acids is 1. The van der Waals surface area contributed by atoms with E-state index in [0.29, 0.717) is 6.07 Å². The first-order valence-electron chi connectivity index (χ1n) is 6.64. The Labute approximate surface area is 137 Å². The van der Waals surface area contributed by atoms with Crippen LogP contribution in [0.2, 0.25) is 0 Å². The van der Waals surface area contributed by atoms with Gasteiger partial charge in [0.15, 0.2) is 28.8 Å². The largest absolute Gasteiger partial charge is 0.504 e. The first kappa shape index (κ1) is 16.1. The maximum atomic E-state index is 12.6. The summed E-state index contributed by atoms with van der Waals surface area (Å²) in [6.07, 6.45) is 0. The van der Waals surface area contributed by atoms with E-state index in [0.717, 1.165) is 0 Å². The summed E-state index contributed by atoms with van der Waals surface area (Å²) >= 11 is 0. The number of phenols is 7. The normalized spacial score (nSPS) is 15.5. The van der Waals surface area contributed by atoms with Gasteiger partial charge in [0, 0.05) is 16.7 Å². The molecule has 1 atom stereocenters. The summed E-state index contributed by atoms with van der Waals surface area (Å²) in [5, 5.41) is 77.8. The number of carboxylic acids is 1. The molecule has 2 aromatic carbocycles. The van der Waals surface area contributed by atoms with Crippen LogP contribution >= 0.6 is 0 Å². The lowest BCUT2D eigenvalue weighted by molar-refractivity contribution is -0.137. The topological polar surface area (TPSA) is 196 Å². The highest BCUT2D eigenvalue weighted by atomic mass is 16.4. The average Bonchev–Trinajstić information content (AvgIpc) is 2.56. The second-order valence-electron chi connectivity index (χ2n) is 5.34. The summed E-state index contributed by atoms with van der Waals surface area (Å²) in [5.41, 5.74) is -2.83. The predicted molar refractivity (Wildman–Crippen MR) is 77.4 cm³/mol. The van der Waals surface area contributed by atoms with Crippen LogP contribution in [0.1, 0.15) is 33.0 Å². The third-order valence-electron chi connectivity index (χ3n) is 4.02. The molecule has 8 N–H and O–H groups in total. The SMILES string of the molecule is O=C1c2cc(O)c(O)c(O)c2C(C(=O)O)c2c(O)c(O)c(O)c(O)c21. The first-order valence-corrected chi connectivity index (χ1v) is 6.64. The van der Waals surface area contributed by atoms with Crippen LogP contribution in [0.25, 0.3) is 0 Å². The van der Waals surface area contributed by atoms with Gasteiger partial charge in [0.2, 0.25) is 17.2 Å². The van der Waals surface area contributed by atoms with Gasteiger partial charge in [-0.05, 0) is 6.07 Å². The van der Waals surface area contributed by atoms with Crippen molar-refractivity contribution in [3.05, 3.63) is 28.3 Å². The molecule has 0 fully saturated rings. The molecule has 1 unspecified atom stereocenters. The molecule has 0 spiro atoms. The Morgan fingerprint density at radius 3 is 1.84 bits per heavy atom. The van der Waals surface area contributed by atoms with Gasteiger partial charge < -0.3 is 40.9 Å². The zero-order valence-electron chi connectivity index (χ0n) is 12.0. The fourth-order valence-corrected chi connectivity index (χ4v) is 2.89. The fourth-order valence-electron chi connectivity index (χ4n) is 2.89. The quantitative estimate of drug-likeness (QED) is 0.263. The lowest BCUT2D eigenvalue weighted by Crippen LogP contribution is -2.25. The van der Waals surface area contributed by atoms with Gasteiger partial charge in [-0.15, -0.1) is 0 Å². The molecule has 0 saturated carbocycles. The van der Waals surface area contributed by atoms with Gasteiger partial charge >= 0.3 is 5.97 Å². The second kappa shape index (κ2) is 4.84. The third-order valence-corrected chi connectivity index (χ3v) is 4.02. The van der Waals surface area contributed by atoms with Crippen LogP contribution in [0.15, 0.2) is 6.07 Å². The van der Waals surface area contributed by atoms with Crippen molar-refractivity contribution in [2.75, 3.05) is 0 Å². The first-order chi connectivity index (χ1) is 11.6. The maximum absolute atomic E-state index is 12.6. The average molecular weight is 350 g/mol. The molecular weight excluding hydrogens is 340 g/mol. The molecule has 0 amide bonds. The number of hydrogen-bond donors (Lipinski definition) is 8. The smallest absolute Gasteiger partial charge is 0.315 e. The van der Waals surface area contributed by atoms with Crippen molar-refractivity contribution in [2.45, 2.75) is 5.92 Å². The van der Waals surface area contributed by atoms with Crippen molar-refractivity contribution in [1.82, 2.24) is 0 Å². The summed E-state index contributed by atoms with van der Waals surface area (Å²) in [4.78, 5) is 24.3. The highest BCUT2D eigenvalue weighted by Crippen LogP contribution is 2.56. The molecule has 0 radical (unpaired) electrons. The number of fused-ring (bicyclic) bond motifs is 2. The lowest BCUT2D eigenvalue weighted by Gasteiger charge is -2.27. The van der Waals surface area contributed by atoms with Crippen molar-refractivity contribution in [3.63, 3.8) is 0 Å². The zero-order chi connectivity index (χ0) is 18.8. The van der Waals surface area contributed by atoms with E-state index in [1.165, 1.54) is 0 Å². The van der Waals surface area contributed by atoms with Gasteiger partial charge in [-0.1, -0.05) is 0 Å². The number of phenolic OH excluding ortho intramolecular Hbond substituents is 7. The van der Waals surface area contributed by atoms with Crippen molar-refractivity contribution < 1.29 is 50.4 Å². The van der Waals surface area contributed by atoms with Crippen molar-refractivity contribution in [3.8, 4) is 40.2 Å². The van der Waals surface area contributed by atoms with Gasteiger partial charge in [0.25, 0.3) is 0 Å². The predicted octanol–water partition coefficient (Wildman–Crippen LogP) is 0.387. The number of ketones is 1. The number of benzene rings is 2. The van der Waals surface area contributed by atoms with Crippen LogP contribution in [0.4, 0.5) is 0 Å². The van der Waals surface area contributed by atoms with E-state index in [1.807, 2.05) is 0 Å². The summed E-state index contributed by atoms with van der Waals surface area (Å²) in [6.45, 7) is 0. The Kier molecular flexibility index (Phi) is 3.11. The fraction of sp³-hybridized carbons (Fsp3) is 0.0667. The minimum Gasteiger partial charge on any atom is -0.504 e. The van der Waals surface area contributed by atoms with Gasteiger partial charge in [0.05, 0.1) is 5.56 Å². The highest BCUT2D eigenvalue weighted by molar-refractivity contribution is 6.18. The minimum atomic E-state index is -1.99. The number of aliphatic carboxylic acids is 1. The molecule has 2 aromatic rings. The van der Waals surface area contributed by atoms with Gasteiger partial charge in [-0.25, -0.2) is 0 Å². The molecule has 130 valence electrons. The molecular formula is C15H10O10. The van der Waals surface area contributed by atoms with Crippen LogP contribution in [0, 0.1) is 0 Å². The third kappa shape index (κ3) is 1.84. The van der Waals surface area contributed by atoms with Crippen LogP contribution in [0.3, 0.4) is 0 Å². The molecule has 10 heteroatoms. The number of carbonyl (C=O) groups is 2. The molecule has 0 aliphatic heterocycles. The zero-order valence-corrected chi connectivity index (χ0v) is 12.0. The van der Waals surface area contributed by atoms with Crippen molar-refractivity contribution >= 4 is 11.8 Å². The van der Waals surface area contributed by atoms with Gasteiger partial charge in [0.1, 0.15) is 5.92 Å². The Hall–Kier alpha value is -3.82. The Bertz CT molecular complexity index is 975. The lowest BCUT2D eigenvalue weighted by atomic mass is 9.75. The van der Waals surface area contributed by atoms with E-state index in [-0.39, 0.29) is 0 Å². The molecule has 0 saturated heterocycles. The highest BCUT2D eigenvalue weighted by Gasteiger charge is 2.44. The summed E-state index contributed by atoms with van der Waals surface area (Å²) in [7, 11) is 0. The number of hydrogen-bond acceptors (Lipinski definition) is 9. The Balaban J connectivity index is 2.54. The molecule has 1 aliphatic rings. The summed E-state index contributed by atoms with van der Waals surface area (Å²) in [5.74, 6) is -12.9. The van der Waals surface area contributed by atoms with E-state index < -0.39 is 80.2 Å². The van der Waals surface area contributed by atoms with Crippen LogP contribution in [-0.2, 0) is 4.79 Å². The van der Waals surface area contributed by atoms with E-state index in [9.17, 15) is 50.4 Å². The summed E-state index contributed by atoms with van der Waals surface area (Å²) in [6, 6.07) is 0.673. The maximum Gasteiger partial charge on any atom is 0.315 e. The van der Waals surface area contributed by atoms with Gasteiger partial charge in [-0.3, -0.25) is 9.59 Å². The van der Waals surface area contributed by atoms with E-state index in [2.05, 4.69) is 0 Å². The standard InChI is InChI=1S/C15H10O10/c16-3-1-2-4(10(19)9(3)18)6(15(24)25)5-7(8(2)17)12(21)14(23)13(22)11(5)20/h1,6,16,18-23H,(H,24,25). The molecule has 0 bridgehead atoms. The monoisotopic (exact) mass is 350 g/mol. The van der Waals surface area contributed by atoms with Crippen molar-refractivity contribution in [2.24, 2.45) is 0 Å². The van der Waals surface area contributed by atoms with Gasteiger partial charge in [-0.2, -0.15) is 0 Å². The second-order valence-corrected chi connectivity index (χ2v) is 5.34. The Morgan fingerprint density at radius 1 is 0.760 bits per heavy atom. The summed E-state index contributed by atoms with van der Waals surface area (Å²) < 4.78 is 0. The van der Waals surface area contributed by atoms with E-state index >= 15 is 0 Å². The van der Waals surface area contributed by atoms with Crippen LogP contribution in [-0.4, -0.2) is 52.6 Å². The van der Waals surface area contributed by atoms with Crippen LogP contribution in [0.5, 0.6) is 40.2 Å². The van der Waals surface area contributed by atoms with E-state index in [1.54, 1.807) is 0 Å². The molecule has 0 aromatic heterocycles. The molecule has 10 nitrogen and oxygen atoms in total. The van der Waals surface area contributed by atoms with Crippen molar-refractivity contribution in [1.29, 1.82) is 0 Å². The molecule has 0 heterocycles. The Morgan fingerprint density at radius 2 is 1.28 bits per heavy atom. The molecule has 1 aliphatic carbocycles.